The van der Waals surface area contributed by atoms with Crippen molar-refractivity contribution in [3.63, 3.8) is 0 Å². The normalized spacial score (nSPS) is 10.6. The lowest BCUT2D eigenvalue weighted by atomic mass is 10.1. The zero-order valence-electron chi connectivity index (χ0n) is 9.24. The number of carboxylic acids is 2. The first kappa shape index (κ1) is 14.9. The molecule has 17 heavy (non-hydrogen) atoms. The molecule has 1 aromatic rings. The van der Waals surface area contributed by atoms with Crippen molar-refractivity contribution in [2.45, 2.75) is 12.5 Å². The number of carbonyl (C=O) groups is 2. The fourth-order valence-electron chi connectivity index (χ4n) is 0.955. The standard InChI is InChI=1S/C9H11NO2.C3H4O2/c10-8(9(11)12)6-7-4-2-1-3-5-7;1-2-3(4)5/h1-5,8H,6,10H2,(H,11,12);2H,1H2,(H,4,5)/t8-;/m0./s1. The van der Waals surface area contributed by atoms with Gasteiger partial charge in [-0.05, 0) is 12.0 Å². The molecule has 0 radical (unpaired) electrons. The first-order chi connectivity index (χ1) is 7.97. The highest BCUT2D eigenvalue weighted by Crippen LogP contribution is 2.01. The van der Waals surface area contributed by atoms with Crippen molar-refractivity contribution < 1.29 is 19.8 Å². The number of aliphatic carboxylic acids is 2. The number of hydrogen-bond acceptors (Lipinski definition) is 3. The molecule has 0 aliphatic carbocycles. The van der Waals surface area contributed by atoms with Crippen molar-refractivity contribution in [1.29, 1.82) is 0 Å². The van der Waals surface area contributed by atoms with Crippen molar-refractivity contribution in [3.05, 3.63) is 48.6 Å². The summed E-state index contributed by atoms with van der Waals surface area (Å²) in [6, 6.07) is 8.54. The second kappa shape index (κ2) is 8.06. The van der Waals surface area contributed by atoms with Crippen LogP contribution in [0.5, 0.6) is 0 Å². The Morgan fingerprint density at radius 1 is 1.29 bits per heavy atom. The maximum absolute atomic E-state index is 10.4. The average Bonchev–Trinajstić information content (AvgIpc) is 2.31. The van der Waals surface area contributed by atoms with E-state index in [1.165, 1.54) is 0 Å². The minimum atomic E-state index is -0.981. The van der Waals surface area contributed by atoms with Gasteiger partial charge in [0.2, 0.25) is 0 Å². The SMILES string of the molecule is C=CC(=O)O.N[C@@H](Cc1ccccc1)C(=O)O. The summed E-state index contributed by atoms with van der Waals surface area (Å²) in [6.07, 6.45) is 1.22. The number of nitrogens with two attached hydrogens (primary N) is 1. The number of hydrogen-bond donors (Lipinski definition) is 3. The zero-order chi connectivity index (χ0) is 13.3. The molecular weight excluding hydrogens is 222 g/mol. The van der Waals surface area contributed by atoms with Crippen LogP contribution in [-0.2, 0) is 16.0 Å². The van der Waals surface area contributed by atoms with Gasteiger partial charge in [-0.1, -0.05) is 36.9 Å². The Morgan fingerprint density at radius 2 is 1.76 bits per heavy atom. The van der Waals surface area contributed by atoms with E-state index in [1.54, 1.807) is 0 Å². The van der Waals surface area contributed by atoms with Crippen LogP contribution < -0.4 is 5.73 Å². The van der Waals surface area contributed by atoms with Crippen LogP contribution in [0.1, 0.15) is 5.56 Å². The lowest BCUT2D eigenvalue weighted by molar-refractivity contribution is -0.138. The molecule has 0 unspecified atom stereocenters. The van der Waals surface area contributed by atoms with Gasteiger partial charge < -0.3 is 15.9 Å². The Hall–Kier alpha value is -2.14. The monoisotopic (exact) mass is 237 g/mol. The molecule has 0 saturated carbocycles. The first-order valence-corrected chi connectivity index (χ1v) is 4.85. The predicted molar refractivity (Wildman–Crippen MR) is 63.6 cm³/mol. The van der Waals surface area contributed by atoms with Crippen molar-refractivity contribution in [2.75, 3.05) is 0 Å². The van der Waals surface area contributed by atoms with E-state index in [4.69, 9.17) is 15.9 Å². The Labute approximate surface area is 99.2 Å². The van der Waals surface area contributed by atoms with E-state index in [-0.39, 0.29) is 0 Å². The second-order valence-electron chi connectivity index (χ2n) is 3.18. The largest absolute Gasteiger partial charge is 0.480 e. The van der Waals surface area contributed by atoms with Gasteiger partial charge in [-0.2, -0.15) is 0 Å². The summed E-state index contributed by atoms with van der Waals surface area (Å²) in [5.74, 6) is -1.94. The molecule has 1 rings (SSSR count). The van der Waals surface area contributed by atoms with E-state index in [0.717, 1.165) is 11.6 Å². The van der Waals surface area contributed by atoms with Crippen molar-refractivity contribution in [2.24, 2.45) is 5.73 Å². The molecule has 92 valence electrons. The summed E-state index contributed by atoms with van der Waals surface area (Å²) in [5, 5.41) is 16.1. The van der Waals surface area contributed by atoms with Gasteiger partial charge in [-0.3, -0.25) is 4.79 Å². The van der Waals surface area contributed by atoms with Crippen LogP contribution in [0.3, 0.4) is 0 Å². The molecule has 0 aliphatic heterocycles. The van der Waals surface area contributed by atoms with Crippen LogP contribution in [0.4, 0.5) is 0 Å². The molecule has 0 fully saturated rings. The molecule has 5 nitrogen and oxygen atoms in total. The minimum absolute atomic E-state index is 0.385. The van der Waals surface area contributed by atoms with Gasteiger partial charge in [0.1, 0.15) is 6.04 Å². The average molecular weight is 237 g/mol. The molecule has 0 bridgehead atoms. The van der Waals surface area contributed by atoms with Crippen LogP contribution in [0.15, 0.2) is 43.0 Å². The third kappa shape index (κ3) is 7.75. The van der Waals surface area contributed by atoms with Crippen LogP contribution in [0.2, 0.25) is 0 Å². The zero-order valence-corrected chi connectivity index (χ0v) is 9.24. The molecule has 0 aromatic heterocycles. The maximum Gasteiger partial charge on any atom is 0.327 e. The first-order valence-electron chi connectivity index (χ1n) is 4.85. The van der Waals surface area contributed by atoms with Gasteiger partial charge >= 0.3 is 11.9 Å². The fourth-order valence-corrected chi connectivity index (χ4v) is 0.955. The summed E-state index contributed by atoms with van der Waals surface area (Å²) < 4.78 is 0. The maximum atomic E-state index is 10.4. The van der Waals surface area contributed by atoms with Crippen LogP contribution in [0.25, 0.3) is 0 Å². The summed E-state index contributed by atoms with van der Waals surface area (Å²) in [7, 11) is 0. The molecule has 0 spiro atoms. The van der Waals surface area contributed by atoms with Gasteiger partial charge in [0.05, 0.1) is 0 Å². The highest BCUT2D eigenvalue weighted by atomic mass is 16.4. The molecular formula is C12H15NO4. The highest BCUT2D eigenvalue weighted by molar-refractivity contribution is 5.78. The fraction of sp³-hybridized carbons (Fsp3) is 0.167. The third-order valence-electron chi connectivity index (χ3n) is 1.79. The van der Waals surface area contributed by atoms with Crippen LogP contribution in [0, 0.1) is 0 Å². The Kier molecular flexibility index (Phi) is 7.05. The van der Waals surface area contributed by atoms with E-state index in [1.807, 2.05) is 30.3 Å². The molecule has 0 aliphatic rings. The van der Waals surface area contributed by atoms with Gasteiger partial charge in [-0.15, -0.1) is 0 Å². The quantitative estimate of drug-likeness (QED) is 0.675. The Balaban J connectivity index is 0.000000437. The Morgan fingerprint density at radius 3 is 2.12 bits per heavy atom. The molecule has 1 atom stereocenters. The molecule has 0 amide bonds. The van der Waals surface area contributed by atoms with Gasteiger partial charge in [0.25, 0.3) is 0 Å². The summed E-state index contributed by atoms with van der Waals surface area (Å²) in [6.45, 7) is 2.96. The summed E-state index contributed by atoms with van der Waals surface area (Å²) in [5.41, 5.74) is 6.30. The second-order valence-corrected chi connectivity index (χ2v) is 3.18. The molecule has 5 heteroatoms. The van der Waals surface area contributed by atoms with E-state index < -0.39 is 18.0 Å². The van der Waals surface area contributed by atoms with E-state index in [2.05, 4.69) is 6.58 Å². The van der Waals surface area contributed by atoms with Crippen LogP contribution >= 0.6 is 0 Å². The molecule has 1 aromatic carbocycles. The van der Waals surface area contributed by atoms with Crippen molar-refractivity contribution in [1.82, 2.24) is 0 Å². The number of rotatable bonds is 4. The lowest BCUT2D eigenvalue weighted by Gasteiger charge is -2.04. The van der Waals surface area contributed by atoms with E-state index >= 15 is 0 Å². The van der Waals surface area contributed by atoms with Gasteiger partial charge in [0.15, 0.2) is 0 Å². The van der Waals surface area contributed by atoms with Gasteiger partial charge in [0, 0.05) is 6.08 Å². The minimum Gasteiger partial charge on any atom is -0.480 e. The number of benzene rings is 1. The van der Waals surface area contributed by atoms with Crippen molar-refractivity contribution in [3.8, 4) is 0 Å². The smallest absolute Gasteiger partial charge is 0.327 e. The topological polar surface area (TPSA) is 101 Å². The molecule has 0 heterocycles. The summed E-state index contributed by atoms with van der Waals surface area (Å²) >= 11 is 0. The van der Waals surface area contributed by atoms with E-state index in [9.17, 15) is 9.59 Å². The molecule has 4 N–H and O–H groups in total. The Bertz CT molecular complexity index is 375. The third-order valence-corrected chi connectivity index (χ3v) is 1.79. The number of carboxylic acid groups (broad SMARTS) is 2. The van der Waals surface area contributed by atoms with E-state index in [0.29, 0.717) is 6.42 Å². The highest BCUT2D eigenvalue weighted by Gasteiger charge is 2.10. The predicted octanol–water partition coefficient (Wildman–Crippen LogP) is 0.898. The summed E-state index contributed by atoms with van der Waals surface area (Å²) in [4.78, 5) is 19.6. The molecule has 0 saturated heterocycles. The van der Waals surface area contributed by atoms with Crippen molar-refractivity contribution >= 4 is 11.9 Å². The van der Waals surface area contributed by atoms with Gasteiger partial charge in [-0.25, -0.2) is 4.79 Å². The van der Waals surface area contributed by atoms with Crippen LogP contribution in [-0.4, -0.2) is 28.2 Å². The lowest BCUT2D eigenvalue weighted by Crippen LogP contribution is -2.32.